The summed E-state index contributed by atoms with van der Waals surface area (Å²) in [5.74, 6) is -3.14. The lowest BCUT2D eigenvalue weighted by atomic mass is 10.2. The van der Waals surface area contributed by atoms with Crippen LogP contribution in [0.15, 0.2) is 350 Å². The number of hydrogen-bond donors (Lipinski definition) is 0. The number of para-hydroxylation sites is 8. The van der Waals surface area contributed by atoms with E-state index in [-0.39, 0.29) is 70.5 Å². The zero-order valence-corrected chi connectivity index (χ0v) is 81.3. The number of fused-ring (bicyclic) bond motifs is 8. The average Bonchev–Trinajstić information content (AvgIpc) is 0.777. The SMILES string of the molecule is CC(F)(F)COCN1CCOCC1.CC(F)(F)COCN1CCOCC1.CC(F)(F)COCN1CCOCC1.CC(F)(F)COCN1CCOCC1.Cc1ccc([S+]2c3ccccc3Oc3ccccc32)cc1.Cc1ccc([S+]2c3ccccc3Oc3ccccc32)cc1.Cc1ccc([S+]2c3ccccc3Oc3ccccc32)cc1.Cc1ccc([S+]2c3ccccc3Oc3ccccc32)cc1. The van der Waals surface area contributed by atoms with Gasteiger partial charge in [-0.1, -0.05) is 168 Å². The molecule has 28 heteroatoms. The maximum Gasteiger partial charge on any atom is 0.268 e. The molecule has 0 atom stereocenters. The Morgan fingerprint density at radius 3 is 0.500 bits per heavy atom. The molecule has 0 spiro atoms. The van der Waals surface area contributed by atoms with Crippen LogP contribution in [-0.2, 0) is 81.5 Å². The van der Waals surface area contributed by atoms with Crippen LogP contribution in [-0.4, -0.2) is 202 Å². The van der Waals surface area contributed by atoms with Gasteiger partial charge in [0.1, 0.15) is 70.0 Å². The average molecular weight is 1950 g/mol. The lowest BCUT2D eigenvalue weighted by Gasteiger charge is -2.26. The van der Waals surface area contributed by atoms with E-state index in [1.165, 1.54) is 81.0 Å². The van der Waals surface area contributed by atoms with Crippen molar-refractivity contribution >= 4 is 43.6 Å². The quantitative estimate of drug-likeness (QED) is 0.0530. The predicted molar refractivity (Wildman–Crippen MR) is 521 cm³/mol. The van der Waals surface area contributed by atoms with Crippen LogP contribution >= 0.6 is 0 Å². The van der Waals surface area contributed by atoms with E-state index in [4.69, 9.17) is 56.8 Å². The van der Waals surface area contributed by atoms with E-state index >= 15 is 0 Å². The van der Waals surface area contributed by atoms with Crippen LogP contribution in [0, 0.1) is 27.7 Å². The van der Waals surface area contributed by atoms with E-state index in [2.05, 4.69) is 270 Å². The Balaban J connectivity index is 0.000000133. The van der Waals surface area contributed by atoms with E-state index in [1.807, 2.05) is 68.1 Å². The number of hydrogen-bond acceptors (Lipinski definition) is 16. The van der Waals surface area contributed by atoms with Crippen LogP contribution in [0.25, 0.3) is 0 Å². The van der Waals surface area contributed by atoms with E-state index in [0.29, 0.717) is 52.9 Å². The first-order valence-electron chi connectivity index (χ1n) is 45.3. The second kappa shape index (κ2) is 51.2. The molecular formula is C108H120F8N4O12S4+4. The van der Waals surface area contributed by atoms with Gasteiger partial charge >= 0.3 is 0 Å². The molecule has 0 N–H and O–H groups in total. The highest BCUT2D eigenvalue weighted by Gasteiger charge is 2.44. The first kappa shape index (κ1) is 104. The fourth-order valence-electron chi connectivity index (χ4n) is 14.6. The Kier molecular flexibility index (Phi) is 39.0. The van der Waals surface area contributed by atoms with Crippen LogP contribution < -0.4 is 18.9 Å². The predicted octanol–water partition coefficient (Wildman–Crippen LogP) is 24.6. The molecule has 8 aliphatic heterocycles. The monoisotopic (exact) mass is 1940 g/mol. The normalized spacial score (nSPS) is 16.0. The van der Waals surface area contributed by atoms with Gasteiger partial charge in [0.2, 0.25) is 39.2 Å². The molecule has 720 valence electrons. The smallest absolute Gasteiger partial charge is 0.268 e. The molecule has 0 saturated carbocycles. The van der Waals surface area contributed by atoms with Crippen LogP contribution in [0.4, 0.5) is 35.1 Å². The Morgan fingerprint density at radius 2 is 0.360 bits per heavy atom. The number of rotatable bonds is 20. The number of nitrogens with zero attached hydrogens (tertiary/aromatic N) is 4. The summed E-state index contributed by atoms with van der Waals surface area (Å²) in [5, 5.41) is 0. The molecule has 0 bridgehead atoms. The minimum Gasteiger partial charge on any atom is -0.447 e. The molecule has 0 unspecified atom stereocenters. The van der Waals surface area contributed by atoms with Crippen molar-refractivity contribution in [3.8, 4) is 46.0 Å². The van der Waals surface area contributed by atoms with Gasteiger partial charge in [-0.2, -0.15) is 0 Å². The number of morpholine rings is 4. The van der Waals surface area contributed by atoms with E-state index in [1.54, 1.807) is 0 Å². The third-order valence-electron chi connectivity index (χ3n) is 21.4. The number of halogens is 8. The van der Waals surface area contributed by atoms with Crippen molar-refractivity contribution in [3.05, 3.63) is 313 Å². The molecular weight excluding hydrogens is 1830 g/mol. The summed E-state index contributed by atoms with van der Waals surface area (Å²) in [6, 6.07) is 102. The van der Waals surface area contributed by atoms with Crippen molar-refractivity contribution in [1.82, 2.24) is 19.6 Å². The summed E-state index contributed by atoms with van der Waals surface area (Å²) in [4.78, 5) is 23.3. The molecule has 16 nitrogen and oxygen atoms in total. The minimum absolute atomic E-state index is 0.0912. The Morgan fingerprint density at radius 1 is 0.221 bits per heavy atom. The van der Waals surface area contributed by atoms with Gasteiger partial charge in [-0.15, -0.1) is 0 Å². The topological polar surface area (TPSA) is 124 Å². The van der Waals surface area contributed by atoms with Crippen molar-refractivity contribution in [2.45, 2.75) is 138 Å². The van der Waals surface area contributed by atoms with Crippen molar-refractivity contribution < 1.29 is 92.0 Å². The lowest BCUT2D eigenvalue weighted by molar-refractivity contribution is -0.100. The van der Waals surface area contributed by atoms with Crippen LogP contribution in [0.3, 0.4) is 0 Å². The largest absolute Gasteiger partial charge is 0.447 e. The molecule has 0 aromatic heterocycles. The summed E-state index contributed by atoms with van der Waals surface area (Å²) in [6.45, 7) is 22.3. The summed E-state index contributed by atoms with van der Waals surface area (Å²) < 4.78 is 163. The minimum atomic E-state index is -2.73. The standard InChI is InChI=1S/4C19H15OS.4C8H15F2NO2/c4*1-14-10-12-15(13-11-14)21-18-8-4-2-6-16(18)20-17-7-3-5-9-19(17)21;4*1-8(9,10)6-13-7-11-2-4-12-5-3-11/h4*2-13H,1H3;4*2-7H2,1H3/q4*+1;;;;. The Hall–Kier alpha value is -9.80. The summed E-state index contributed by atoms with van der Waals surface area (Å²) in [6.07, 6.45) is 0. The highest BCUT2D eigenvalue weighted by molar-refractivity contribution is 7.98. The number of ether oxygens (including phenoxy) is 12. The van der Waals surface area contributed by atoms with Crippen LogP contribution in [0.2, 0.25) is 0 Å². The van der Waals surface area contributed by atoms with Gasteiger partial charge in [-0.25, -0.2) is 35.1 Å². The zero-order chi connectivity index (χ0) is 95.9. The third-order valence-corrected chi connectivity index (χ3v) is 30.6. The Bertz CT molecular complexity index is 4770. The van der Waals surface area contributed by atoms with Gasteiger partial charge in [0, 0.05) is 80.1 Å². The third kappa shape index (κ3) is 32.1. The molecule has 8 heterocycles. The first-order chi connectivity index (χ1) is 65.6. The highest BCUT2D eigenvalue weighted by atomic mass is 32.2. The van der Waals surface area contributed by atoms with Gasteiger partial charge in [0.25, 0.3) is 23.7 Å². The number of alkyl halides is 8. The molecule has 4 fully saturated rings. The molecule has 4 saturated heterocycles. The van der Waals surface area contributed by atoms with Crippen molar-refractivity contribution in [2.75, 3.05) is 159 Å². The highest BCUT2D eigenvalue weighted by Crippen LogP contribution is 2.51. The van der Waals surface area contributed by atoms with E-state index in [9.17, 15) is 35.1 Å². The lowest BCUT2D eigenvalue weighted by Crippen LogP contribution is -2.38. The van der Waals surface area contributed by atoms with E-state index in [0.717, 1.165) is 126 Å². The maximum atomic E-state index is 12.3. The van der Waals surface area contributed by atoms with Crippen molar-refractivity contribution in [3.63, 3.8) is 0 Å². The molecule has 8 aliphatic rings. The summed E-state index contributed by atoms with van der Waals surface area (Å²) in [7, 11) is -0.365. The fraction of sp³-hybridized carbons (Fsp3) is 0.333. The second-order valence-electron chi connectivity index (χ2n) is 33.6. The molecule has 12 aromatic rings. The van der Waals surface area contributed by atoms with Gasteiger partial charge < -0.3 is 56.8 Å². The van der Waals surface area contributed by atoms with Gasteiger partial charge in [-0.3, -0.25) is 19.6 Å². The first-order valence-corrected chi connectivity index (χ1v) is 50.2. The number of aryl methyl sites for hydroxylation is 4. The Labute approximate surface area is 805 Å². The fourth-order valence-corrected chi connectivity index (χ4v) is 23.4. The zero-order valence-electron chi connectivity index (χ0n) is 78.0. The van der Waals surface area contributed by atoms with E-state index < -0.39 is 50.1 Å². The number of benzene rings is 12. The van der Waals surface area contributed by atoms with Gasteiger partial charge in [-0.05, 0) is 173 Å². The van der Waals surface area contributed by atoms with Crippen molar-refractivity contribution in [2.24, 2.45) is 0 Å². The maximum absolute atomic E-state index is 12.3. The molecule has 0 amide bonds. The van der Waals surface area contributed by atoms with Gasteiger partial charge in [0.05, 0.1) is 79.8 Å². The molecule has 0 aliphatic carbocycles. The van der Waals surface area contributed by atoms with Crippen LogP contribution in [0.5, 0.6) is 46.0 Å². The molecule has 20 rings (SSSR count). The summed E-state index contributed by atoms with van der Waals surface area (Å²) in [5.41, 5.74) is 5.16. The molecule has 0 radical (unpaired) electrons. The van der Waals surface area contributed by atoms with Crippen molar-refractivity contribution in [1.29, 1.82) is 0 Å². The molecule has 12 aromatic carbocycles. The molecule has 136 heavy (non-hydrogen) atoms. The second-order valence-corrected chi connectivity index (χ2v) is 41.4. The van der Waals surface area contributed by atoms with Crippen LogP contribution in [0.1, 0.15) is 49.9 Å². The summed E-state index contributed by atoms with van der Waals surface area (Å²) >= 11 is 0. The van der Waals surface area contributed by atoms with Gasteiger partial charge in [0.15, 0.2) is 65.6 Å².